The fourth-order valence-electron chi connectivity index (χ4n) is 2.61. The number of aromatic nitrogens is 2. The van der Waals surface area contributed by atoms with Crippen molar-refractivity contribution in [1.82, 2.24) is 20.2 Å². The van der Waals surface area contributed by atoms with Crippen molar-refractivity contribution in [3.63, 3.8) is 0 Å². The van der Waals surface area contributed by atoms with Gasteiger partial charge in [0.25, 0.3) is 0 Å². The Labute approximate surface area is 107 Å². The lowest BCUT2D eigenvalue weighted by Crippen LogP contribution is -2.33. The van der Waals surface area contributed by atoms with Crippen molar-refractivity contribution in [2.75, 3.05) is 13.1 Å². The third-order valence-electron chi connectivity index (χ3n) is 3.67. The fourth-order valence-corrected chi connectivity index (χ4v) is 2.61. The molecule has 1 atom stereocenters. The number of nitrogens with zero attached hydrogens (tertiary/aromatic N) is 2. The summed E-state index contributed by atoms with van der Waals surface area (Å²) in [6.07, 6.45) is 4.48. The van der Waals surface area contributed by atoms with Gasteiger partial charge in [-0.25, -0.2) is 4.98 Å². The predicted molar refractivity (Wildman–Crippen MR) is 73.4 cm³/mol. The van der Waals surface area contributed by atoms with E-state index in [-0.39, 0.29) is 0 Å². The smallest absolute Gasteiger partial charge is 0.0955 e. The Hall–Kier alpha value is -1.39. The summed E-state index contributed by atoms with van der Waals surface area (Å²) in [6.45, 7) is 3.15. The summed E-state index contributed by atoms with van der Waals surface area (Å²) in [7, 11) is 2.03. The Bertz CT molecular complexity index is 526. The number of hydrogen-bond donors (Lipinski definition) is 2. The maximum atomic E-state index is 4.39. The first kappa shape index (κ1) is 11.7. The lowest BCUT2D eigenvalue weighted by Gasteiger charge is -2.11. The molecule has 0 amide bonds. The molecular weight excluding hydrogens is 224 g/mol. The standard InChI is InChI=1S/C14H20N4/c1-18-10-17-13-7-11(4-5-14(13)18)8-15-9-12-3-2-6-16-12/h4-5,7,10,12,15-16H,2-3,6,8-9H2,1H3. The van der Waals surface area contributed by atoms with Crippen LogP contribution >= 0.6 is 0 Å². The van der Waals surface area contributed by atoms with Crippen LogP contribution in [0.15, 0.2) is 24.5 Å². The zero-order valence-electron chi connectivity index (χ0n) is 10.8. The van der Waals surface area contributed by atoms with Crippen LogP contribution < -0.4 is 10.6 Å². The molecule has 1 aromatic heterocycles. The molecule has 2 N–H and O–H groups in total. The van der Waals surface area contributed by atoms with Crippen LogP contribution in [0.2, 0.25) is 0 Å². The molecule has 1 aliphatic heterocycles. The maximum Gasteiger partial charge on any atom is 0.0955 e. The van der Waals surface area contributed by atoms with Gasteiger partial charge in [-0.2, -0.15) is 0 Å². The zero-order valence-corrected chi connectivity index (χ0v) is 10.8. The maximum absolute atomic E-state index is 4.39. The van der Waals surface area contributed by atoms with E-state index < -0.39 is 0 Å². The summed E-state index contributed by atoms with van der Waals surface area (Å²) < 4.78 is 2.05. The third kappa shape index (κ3) is 2.40. The monoisotopic (exact) mass is 244 g/mol. The molecule has 0 aliphatic carbocycles. The highest BCUT2D eigenvalue weighted by molar-refractivity contribution is 5.75. The van der Waals surface area contributed by atoms with E-state index in [0.717, 1.165) is 18.6 Å². The number of imidazole rings is 1. The topological polar surface area (TPSA) is 41.9 Å². The van der Waals surface area contributed by atoms with Crippen LogP contribution in [0.1, 0.15) is 18.4 Å². The van der Waals surface area contributed by atoms with Crippen molar-refractivity contribution >= 4 is 11.0 Å². The average Bonchev–Trinajstić information content (AvgIpc) is 3.00. The molecule has 0 spiro atoms. The SMILES string of the molecule is Cn1cnc2cc(CNCC3CCCN3)ccc21. The molecule has 1 aromatic carbocycles. The minimum absolute atomic E-state index is 0.656. The summed E-state index contributed by atoms with van der Waals surface area (Å²) in [5, 5.41) is 7.02. The quantitative estimate of drug-likeness (QED) is 0.854. The van der Waals surface area contributed by atoms with E-state index in [4.69, 9.17) is 0 Å². The Morgan fingerprint density at radius 1 is 1.50 bits per heavy atom. The molecule has 1 unspecified atom stereocenters. The first-order valence-corrected chi connectivity index (χ1v) is 6.67. The molecule has 1 saturated heterocycles. The lowest BCUT2D eigenvalue weighted by atomic mass is 10.2. The van der Waals surface area contributed by atoms with Gasteiger partial charge in [0.2, 0.25) is 0 Å². The average molecular weight is 244 g/mol. The number of aryl methyl sites for hydroxylation is 1. The minimum atomic E-state index is 0.656. The van der Waals surface area contributed by atoms with Gasteiger partial charge in [-0.05, 0) is 37.1 Å². The fraction of sp³-hybridized carbons (Fsp3) is 0.500. The van der Waals surface area contributed by atoms with Crippen LogP contribution in [0.3, 0.4) is 0 Å². The van der Waals surface area contributed by atoms with Crippen LogP contribution in [-0.4, -0.2) is 28.7 Å². The summed E-state index contributed by atoms with van der Waals surface area (Å²) in [6, 6.07) is 7.15. The number of fused-ring (bicyclic) bond motifs is 1. The minimum Gasteiger partial charge on any atom is -0.334 e. The number of hydrogen-bond acceptors (Lipinski definition) is 3. The molecule has 1 aliphatic rings. The number of nitrogens with one attached hydrogen (secondary N) is 2. The van der Waals surface area contributed by atoms with Crippen LogP contribution in [0, 0.1) is 0 Å². The van der Waals surface area contributed by atoms with Crippen LogP contribution in [0.4, 0.5) is 0 Å². The van der Waals surface area contributed by atoms with Gasteiger partial charge in [0.15, 0.2) is 0 Å². The van der Waals surface area contributed by atoms with E-state index in [0.29, 0.717) is 6.04 Å². The molecule has 0 radical (unpaired) electrons. The van der Waals surface area contributed by atoms with E-state index in [2.05, 4.69) is 38.4 Å². The zero-order chi connectivity index (χ0) is 12.4. The molecule has 96 valence electrons. The summed E-state index contributed by atoms with van der Waals surface area (Å²) in [4.78, 5) is 4.39. The van der Waals surface area contributed by atoms with Gasteiger partial charge in [-0.1, -0.05) is 6.07 Å². The van der Waals surface area contributed by atoms with Gasteiger partial charge >= 0.3 is 0 Å². The van der Waals surface area contributed by atoms with Crippen molar-refractivity contribution in [3.8, 4) is 0 Å². The Kier molecular flexibility index (Phi) is 3.30. The van der Waals surface area contributed by atoms with Crippen LogP contribution in [0.5, 0.6) is 0 Å². The van der Waals surface area contributed by atoms with E-state index in [9.17, 15) is 0 Å². The second-order valence-corrected chi connectivity index (χ2v) is 5.10. The van der Waals surface area contributed by atoms with Crippen LogP contribution in [-0.2, 0) is 13.6 Å². The van der Waals surface area contributed by atoms with Gasteiger partial charge in [0.1, 0.15) is 0 Å². The highest BCUT2D eigenvalue weighted by atomic mass is 15.0. The second-order valence-electron chi connectivity index (χ2n) is 5.10. The Morgan fingerprint density at radius 2 is 2.44 bits per heavy atom. The first-order chi connectivity index (χ1) is 8.83. The van der Waals surface area contributed by atoms with Crippen molar-refractivity contribution in [1.29, 1.82) is 0 Å². The number of rotatable bonds is 4. The van der Waals surface area contributed by atoms with Gasteiger partial charge in [0.05, 0.1) is 17.4 Å². The Morgan fingerprint density at radius 3 is 3.28 bits per heavy atom. The van der Waals surface area contributed by atoms with Crippen molar-refractivity contribution in [2.24, 2.45) is 7.05 Å². The van der Waals surface area contributed by atoms with Gasteiger partial charge < -0.3 is 15.2 Å². The molecule has 1 fully saturated rings. The summed E-state index contributed by atoms with van der Waals surface area (Å²) in [5.41, 5.74) is 3.58. The van der Waals surface area contributed by atoms with Crippen molar-refractivity contribution in [3.05, 3.63) is 30.1 Å². The van der Waals surface area contributed by atoms with Gasteiger partial charge in [-0.3, -0.25) is 0 Å². The van der Waals surface area contributed by atoms with Gasteiger partial charge in [-0.15, -0.1) is 0 Å². The predicted octanol–water partition coefficient (Wildman–Crippen LogP) is 1.41. The molecule has 18 heavy (non-hydrogen) atoms. The molecule has 2 aromatic rings. The summed E-state index contributed by atoms with van der Waals surface area (Å²) in [5.74, 6) is 0. The van der Waals surface area contributed by atoms with Gasteiger partial charge in [0, 0.05) is 26.2 Å². The van der Waals surface area contributed by atoms with E-state index in [1.54, 1.807) is 0 Å². The first-order valence-electron chi connectivity index (χ1n) is 6.67. The third-order valence-corrected chi connectivity index (χ3v) is 3.67. The van der Waals surface area contributed by atoms with E-state index in [1.165, 1.54) is 30.5 Å². The highest BCUT2D eigenvalue weighted by Gasteiger charge is 2.12. The largest absolute Gasteiger partial charge is 0.334 e. The second kappa shape index (κ2) is 5.08. The van der Waals surface area contributed by atoms with E-state index in [1.807, 2.05) is 13.4 Å². The van der Waals surface area contributed by atoms with Crippen LogP contribution in [0.25, 0.3) is 11.0 Å². The molecule has 3 rings (SSSR count). The van der Waals surface area contributed by atoms with Crippen molar-refractivity contribution in [2.45, 2.75) is 25.4 Å². The molecule has 0 bridgehead atoms. The normalized spacial score (nSPS) is 19.7. The molecule has 4 nitrogen and oxygen atoms in total. The lowest BCUT2D eigenvalue weighted by molar-refractivity contribution is 0.536. The number of benzene rings is 1. The van der Waals surface area contributed by atoms with Crippen molar-refractivity contribution < 1.29 is 0 Å². The summed E-state index contributed by atoms with van der Waals surface area (Å²) >= 11 is 0. The molecule has 2 heterocycles. The highest BCUT2D eigenvalue weighted by Crippen LogP contribution is 2.13. The molecular formula is C14H20N4. The Balaban J connectivity index is 1.60. The molecule has 0 saturated carbocycles. The molecule has 4 heteroatoms. The van der Waals surface area contributed by atoms with E-state index >= 15 is 0 Å².